The number of carbonyl (C=O) groups is 1. The minimum atomic E-state index is -4.34. The summed E-state index contributed by atoms with van der Waals surface area (Å²) in [5.74, 6) is 0.00851. The van der Waals surface area contributed by atoms with Crippen LogP contribution in [0.15, 0.2) is 53.6 Å². The molecule has 2 aromatic heterocycles. The van der Waals surface area contributed by atoms with Crippen molar-refractivity contribution in [2.45, 2.75) is 51.6 Å². The van der Waals surface area contributed by atoms with Crippen molar-refractivity contribution in [2.75, 3.05) is 23.8 Å². The minimum absolute atomic E-state index is 0.00632. The fourth-order valence-corrected chi connectivity index (χ4v) is 5.79. The van der Waals surface area contributed by atoms with Crippen molar-refractivity contribution < 1.29 is 22.3 Å². The van der Waals surface area contributed by atoms with Crippen molar-refractivity contribution >= 4 is 27.6 Å². The quantitative estimate of drug-likeness (QED) is 0.411. The van der Waals surface area contributed by atoms with Crippen LogP contribution in [0.1, 0.15) is 51.4 Å². The Hall–Kier alpha value is -3.73. The van der Waals surface area contributed by atoms with Crippen molar-refractivity contribution in [2.24, 2.45) is 11.8 Å². The zero-order valence-electron chi connectivity index (χ0n) is 22.7. The Morgan fingerprint density at radius 1 is 1.21 bits per heavy atom. The van der Waals surface area contributed by atoms with Crippen molar-refractivity contribution in [1.29, 1.82) is 0 Å². The Morgan fingerprint density at radius 2 is 1.95 bits per heavy atom. The van der Waals surface area contributed by atoms with E-state index in [2.05, 4.69) is 30.7 Å². The summed E-state index contributed by atoms with van der Waals surface area (Å²) >= 11 is 0. The van der Waals surface area contributed by atoms with Gasteiger partial charge in [-0.3, -0.25) is 4.79 Å². The second-order valence-electron chi connectivity index (χ2n) is 11.0. The van der Waals surface area contributed by atoms with E-state index in [4.69, 9.17) is 15.5 Å². The number of halogens is 1. The lowest BCUT2D eigenvalue weighted by molar-refractivity contribution is 0.0981. The number of hydrogen-bond donors (Lipinski definition) is 2. The monoisotopic (exact) mass is 555 g/mol. The van der Waals surface area contributed by atoms with Crippen LogP contribution in [0.5, 0.6) is 5.75 Å². The molecule has 1 amide bonds. The predicted molar refractivity (Wildman–Crippen MR) is 148 cm³/mol. The van der Waals surface area contributed by atoms with Crippen LogP contribution < -0.4 is 20.1 Å². The maximum Gasteiger partial charge on any atom is 0.281 e. The number of nitrogens with one attached hydrogen (secondary N) is 1. The average Bonchev–Trinajstić information content (AvgIpc) is 3.13. The van der Waals surface area contributed by atoms with Gasteiger partial charge in [0.05, 0.1) is 17.9 Å². The van der Waals surface area contributed by atoms with Crippen molar-refractivity contribution in [3.63, 3.8) is 0 Å². The summed E-state index contributed by atoms with van der Waals surface area (Å²) in [6, 6.07) is 11.4. The molecule has 1 saturated heterocycles. The molecule has 0 radical (unpaired) electrons. The van der Waals surface area contributed by atoms with E-state index in [0.717, 1.165) is 13.0 Å². The lowest BCUT2D eigenvalue weighted by atomic mass is 9.97. The highest BCUT2D eigenvalue weighted by molar-refractivity contribution is 7.90. The Labute approximate surface area is 228 Å². The molecule has 9 nitrogen and oxygen atoms in total. The molecule has 0 bridgehead atoms. The van der Waals surface area contributed by atoms with Gasteiger partial charge in [0.1, 0.15) is 23.2 Å². The number of nitrogens with zero attached hydrogens (tertiary/aromatic N) is 3. The van der Waals surface area contributed by atoms with E-state index in [-0.39, 0.29) is 39.8 Å². The molecule has 1 aliphatic heterocycles. The van der Waals surface area contributed by atoms with Crippen LogP contribution in [-0.4, -0.2) is 43.0 Å². The number of anilines is 2. The number of nitrogen functional groups attached to an aromatic ring is 1. The summed E-state index contributed by atoms with van der Waals surface area (Å²) in [6.45, 7) is 11.5. The first kappa shape index (κ1) is 28.3. The van der Waals surface area contributed by atoms with Gasteiger partial charge in [0, 0.05) is 23.7 Å². The summed E-state index contributed by atoms with van der Waals surface area (Å²) < 4.78 is 48.4. The largest absolute Gasteiger partial charge is 0.493 e. The molecule has 0 saturated carbocycles. The highest BCUT2D eigenvalue weighted by atomic mass is 32.2. The van der Waals surface area contributed by atoms with Gasteiger partial charge >= 0.3 is 0 Å². The first-order valence-electron chi connectivity index (χ1n) is 12.8. The van der Waals surface area contributed by atoms with Gasteiger partial charge in [0.2, 0.25) is 0 Å². The van der Waals surface area contributed by atoms with Gasteiger partial charge < -0.3 is 15.4 Å². The molecular formula is C28H34FN5O4S. The fraction of sp³-hybridized carbons (Fsp3) is 0.393. The highest BCUT2D eigenvalue weighted by Gasteiger charge is 2.37. The van der Waals surface area contributed by atoms with Gasteiger partial charge in [0.15, 0.2) is 5.03 Å². The van der Waals surface area contributed by atoms with E-state index in [1.54, 1.807) is 12.1 Å². The Morgan fingerprint density at radius 3 is 2.59 bits per heavy atom. The summed E-state index contributed by atoms with van der Waals surface area (Å²) in [5.41, 5.74) is 5.80. The Balaban J connectivity index is 1.80. The highest BCUT2D eigenvalue weighted by Crippen LogP contribution is 2.37. The third-order valence-corrected chi connectivity index (χ3v) is 7.68. The van der Waals surface area contributed by atoms with Gasteiger partial charge in [0.25, 0.3) is 15.9 Å². The molecule has 3 aromatic rings. The lowest BCUT2D eigenvalue weighted by Gasteiger charge is -2.33. The van der Waals surface area contributed by atoms with Crippen LogP contribution in [0.2, 0.25) is 0 Å². The molecule has 4 rings (SSSR count). The topological polar surface area (TPSA) is 128 Å². The first-order valence-corrected chi connectivity index (χ1v) is 14.3. The van der Waals surface area contributed by atoms with Crippen molar-refractivity contribution in [3.05, 3.63) is 59.9 Å². The van der Waals surface area contributed by atoms with E-state index >= 15 is 0 Å². The minimum Gasteiger partial charge on any atom is -0.493 e. The molecule has 39 heavy (non-hydrogen) atoms. The average molecular weight is 556 g/mol. The number of pyridine rings is 2. The van der Waals surface area contributed by atoms with Gasteiger partial charge in [-0.25, -0.2) is 19.1 Å². The summed E-state index contributed by atoms with van der Waals surface area (Å²) in [6.07, 6.45) is 0.949. The molecule has 0 unspecified atom stereocenters. The standard InChI is InChI=1S/C28H34FN5O4S/c1-17(2)16-38-21-12-19(11-20(29)13-21)26-22(9-10-24(32-26)34-15-18(3)14-28(34,4)5)27(35)33-39(36,37)25-8-6-7-23(30)31-25/h6-13,17-18H,14-16H2,1-5H3,(H2,30,31)(H,33,35)/t18-/m0/s1. The van der Waals surface area contributed by atoms with Crippen molar-refractivity contribution in [3.8, 4) is 17.0 Å². The maximum atomic E-state index is 14.7. The van der Waals surface area contributed by atoms with E-state index in [1.165, 1.54) is 36.4 Å². The van der Waals surface area contributed by atoms with E-state index in [1.807, 2.05) is 18.6 Å². The molecule has 0 aliphatic carbocycles. The van der Waals surface area contributed by atoms with Crippen LogP contribution in [0, 0.1) is 17.7 Å². The predicted octanol–water partition coefficient (Wildman–Crippen LogP) is 4.64. The number of aromatic nitrogens is 2. The second-order valence-corrected chi connectivity index (χ2v) is 12.6. The number of sulfonamides is 1. The van der Waals surface area contributed by atoms with Gasteiger partial charge in [-0.15, -0.1) is 0 Å². The molecule has 11 heteroatoms. The molecule has 1 fully saturated rings. The number of carbonyl (C=O) groups excluding carboxylic acids is 1. The number of benzene rings is 1. The summed E-state index contributed by atoms with van der Waals surface area (Å²) in [5, 5.41) is -0.398. The molecule has 0 spiro atoms. The van der Waals surface area contributed by atoms with Gasteiger partial charge in [-0.05, 0) is 68.5 Å². The Bertz CT molecular complexity index is 1490. The maximum absolute atomic E-state index is 14.7. The summed E-state index contributed by atoms with van der Waals surface area (Å²) in [7, 11) is -4.34. The third kappa shape index (κ3) is 6.47. The van der Waals surface area contributed by atoms with Crippen LogP contribution in [0.25, 0.3) is 11.3 Å². The summed E-state index contributed by atoms with van der Waals surface area (Å²) in [4.78, 5) is 24.1. The molecule has 208 valence electrons. The molecule has 3 heterocycles. The SMILES string of the molecule is CC(C)COc1cc(F)cc(-c2nc(N3C[C@@H](C)CC3(C)C)ccc2C(=O)NS(=O)(=O)c2cccc(N)n2)c1. The number of rotatable bonds is 8. The molecule has 1 aliphatic rings. The smallest absolute Gasteiger partial charge is 0.281 e. The van der Waals surface area contributed by atoms with Crippen LogP contribution in [-0.2, 0) is 10.0 Å². The zero-order chi connectivity index (χ0) is 28.5. The normalized spacial score (nSPS) is 16.9. The number of hydrogen-bond acceptors (Lipinski definition) is 8. The fourth-order valence-electron chi connectivity index (χ4n) is 4.85. The first-order chi connectivity index (χ1) is 18.2. The number of ether oxygens (including phenoxy) is 1. The van der Waals surface area contributed by atoms with Crippen LogP contribution in [0.4, 0.5) is 16.0 Å². The van der Waals surface area contributed by atoms with E-state index in [0.29, 0.717) is 18.3 Å². The third-order valence-electron chi connectivity index (χ3n) is 6.45. The molecule has 1 aromatic carbocycles. The molecule has 1 atom stereocenters. The number of nitrogens with two attached hydrogens (primary N) is 1. The van der Waals surface area contributed by atoms with Gasteiger partial charge in [-0.1, -0.05) is 26.8 Å². The lowest BCUT2D eigenvalue weighted by Crippen LogP contribution is -2.39. The Kier molecular flexibility index (Phi) is 7.83. The van der Waals surface area contributed by atoms with Crippen LogP contribution in [0.3, 0.4) is 0 Å². The van der Waals surface area contributed by atoms with E-state index in [9.17, 15) is 17.6 Å². The molecule has 3 N–H and O–H groups in total. The second kappa shape index (κ2) is 10.8. The van der Waals surface area contributed by atoms with E-state index < -0.39 is 26.8 Å². The number of amides is 1. The molecular weight excluding hydrogens is 521 g/mol. The zero-order valence-corrected chi connectivity index (χ0v) is 23.5. The van der Waals surface area contributed by atoms with Gasteiger partial charge in [-0.2, -0.15) is 8.42 Å². The van der Waals surface area contributed by atoms with Crippen LogP contribution >= 0.6 is 0 Å². The van der Waals surface area contributed by atoms with Crippen molar-refractivity contribution in [1.82, 2.24) is 14.7 Å².